The van der Waals surface area contributed by atoms with Gasteiger partial charge in [0.25, 0.3) is 5.91 Å². The number of nitrogens with one attached hydrogen (secondary N) is 1. The third kappa shape index (κ3) is 3.04. The van der Waals surface area contributed by atoms with Crippen molar-refractivity contribution >= 4 is 21.8 Å². The molecule has 0 saturated heterocycles. The first-order valence-electron chi connectivity index (χ1n) is 6.04. The molecule has 1 N–H and O–H groups in total. The molecule has 1 atom stereocenters. The van der Waals surface area contributed by atoms with E-state index in [1.54, 1.807) is 10.9 Å². The van der Waals surface area contributed by atoms with E-state index in [2.05, 4.69) is 26.3 Å². The third-order valence-electron chi connectivity index (χ3n) is 3.14. The minimum absolute atomic E-state index is 0.0479. The molecule has 4 nitrogen and oxygen atoms in total. The van der Waals surface area contributed by atoms with E-state index in [1.807, 2.05) is 44.3 Å². The quantitative estimate of drug-likeness (QED) is 0.880. The molecule has 19 heavy (non-hydrogen) atoms. The van der Waals surface area contributed by atoms with Gasteiger partial charge in [-0.3, -0.25) is 9.48 Å². The van der Waals surface area contributed by atoms with Gasteiger partial charge in [-0.15, -0.1) is 0 Å². The molecule has 1 aromatic heterocycles. The molecule has 0 aliphatic rings. The van der Waals surface area contributed by atoms with E-state index in [4.69, 9.17) is 0 Å². The molecule has 0 fully saturated rings. The first-order chi connectivity index (χ1) is 9.13. The van der Waals surface area contributed by atoms with Crippen LogP contribution < -0.4 is 5.32 Å². The van der Waals surface area contributed by atoms with Gasteiger partial charge in [0.2, 0.25) is 0 Å². The van der Waals surface area contributed by atoms with Crippen LogP contribution in [-0.2, 0) is 7.05 Å². The number of hydrogen-bond acceptors (Lipinski definition) is 2. The zero-order chi connectivity index (χ0) is 13.8. The molecule has 100 valence electrons. The van der Waals surface area contributed by atoms with Crippen molar-refractivity contribution < 1.29 is 4.79 Å². The Morgan fingerprint density at radius 3 is 2.63 bits per heavy atom. The van der Waals surface area contributed by atoms with Crippen LogP contribution >= 0.6 is 15.9 Å². The zero-order valence-electron chi connectivity index (χ0n) is 10.9. The standard InChI is InChI=1S/C14H16BrN3O/c1-10-12(9-16-18(10)2)14(19)17-13(8-15)11-6-4-3-5-7-11/h3-7,9,13H,8H2,1-2H3,(H,17,19). The van der Waals surface area contributed by atoms with E-state index in [1.165, 1.54) is 0 Å². The fourth-order valence-electron chi connectivity index (χ4n) is 1.85. The molecule has 2 aromatic rings. The van der Waals surface area contributed by atoms with Gasteiger partial charge in [-0.1, -0.05) is 46.3 Å². The summed E-state index contributed by atoms with van der Waals surface area (Å²) < 4.78 is 1.70. The maximum absolute atomic E-state index is 12.2. The summed E-state index contributed by atoms with van der Waals surface area (Å²) in [5.74, 6) is -0.0982. The zero-order valence-corrected chi connectivity index (χ0v) is 12.5. The Morgan fingerprint density at radius 1 is 1.42 bits per heavy atom. The minimum Gasteiger partial charge on any atom is -0.344 e. The van der Waals surface area contributed by atoms with Crippen LogP contribution in [-0.4, -0.2) is 21.0 Å². The molecule has 0 radical (unpaired) electrons. The molecule has 0 bridgehead atoms. The first-order valence-corrected chi connectivity index (χ1v) is 7.16. The molecule has 5 heteroatoms. The highest BCUT2D eigenvalue weighted by Gasteiger charge is 2.17. The van der Waals surface area contributed by atoms with Crippen LogP contribution in [0, 0.1) is 6.92 Å². The molecule has 1 aromatic carbocycles. The molecule has 0 saturated carbocycles. The Kier molecular flexibility index (Phi) is 4.37. The maximum atomic E-state index is 12.2. The van der Waals surface area contributed by atoms with Gasteiger partial charge < -0.3 is 5.32 Å². The Hall–Kier alpha value is -1.62. The number of halogens is 1. The minimum atomic E-state index is -0.0982. The summed E-state index contributed by atoms with van der Waals surface area (Å²) in [6.07, 6.45) is 1.60. The Balaban J connectivity index is 2.15. The maximum Gasteiger partial charge on any atom is 0.255 e. The highest BCUT2D eigenvalue weighted by molar-refractivity contribution is 9.09. The lowest BCUT2D eigenvalue weighted by atomic mass is 10.1. The van der Waals surface area contributed by atoms with Crippen molar-refractivity contribution in [2.24, 2.45) is 7.05 Å². The molecule has 1 heterocycles. The number of nitrogens with zero attached hydrogens (tertiary/aromatic N) is 2. The van der Waals surface area contributed by atoms with Crippen LogP contribution in [0.25, 0.3) is 0 Å². The van der Waals surface area contributed by atoms with Crippen LogP contribution in [0.3, 0.4) is 0 Å². The highest BCUT2D eigenvalue weighted by Crippen LogP contribution is 2.16. The smallest absolute Gasteiger partial charge is 0.255 e. The average molecular weight is 322 g/mol. The lowest BCUT2D eigenvalue weighted by Crippen LogP contribution is -2.29. The number of carbonyl (C=O) groups excluding carboxylic acids is 1. The fourth-order valence-corrected chi connectivity index (χ4v) is 2.39. The van der Waals surface area contributed by atoms with Crippen LogP contribution in [0.5, 0.6) is 0 Å². The summed E-state index contributed by atoms with van der Waals surface area (Å²) in [5, 5.41) is 7.77. The summed E-state index contributed by atoms with van der Waals surface area (Å²) in [4.78, 5) is 12.2. The van der Waals surface area contributed by atoms with E-state index >= 15 is 0 Å². The first kappa shape index (κ1) is 13.8. The van der Waals surface area contributed by atoms with E-state index in [0.29, 0.717) is 10.9 Å². The normalized spacial score (nSPS) is 12.2. The number of rotatable bonds is 4. The average Bonchev–Trinajstić information content (AvgIpc) is 2.77. The SMILES string of the molecule is Cc1c(C(=O)NC(CBr)c2ccccc2)cnn1C. The largest absolute Gasteiger partial charge is 0.344 e. The number of aromatic nitrogens is 2. The molecule has 1 amide bonds. The van der Waals surface area contributed by atoms with Gasteiger partial charge in [0.05, 0.1) is 17.8 Å². The molecule has 2 rings (SSSR count). The van der Waals surface area contributed by atoms with Gasteiger partial charge in [0.1, 0.15) is 0 Å². The number of aryl methyl sites for hydroxylation is 1. The number of amides is 1. The van der Waals surface area contributed by atoms with Crippen LogP contribution in [0.1, 0.15) is 27.7 Å². The van der Waals surface area contributed by atoms with Crippen molar-refractivity contribution in [1.82, 2.24) is 15.1 Å². The molecular weight excluding hydrogens is 306 g/mol. The molecule has 0 aliphatic carbocycles. The van der Waals surface area contributed by atoms with E-state index in [-0.39, 0.29) is 11.9 Å². The van der Waals surface area contributed by atoms with Crippen LogP contribution in [0.15, 0.2) is 36.5 Å². The van der Waals surface area contributed by atoms with Gasteiger partial charge in [0.15, 0.2) is 0 Å². The molecule has 0 spiro atoms. The van der Waals surface area contributed by atoms with Crippen LogP contribution in [0.4, 0.5) is 0 Å². The lowest BCUT2D eigenvalue weighted by molar-refractivity contribution is 0.0940. The highest BCUT2D eigenvalue weighted by atomic mass is 79.9. The predicted octanol–water partition coefficient (Wildman–Crippen LogP) is 2.59. The second-order valence-electron chi connectivity index (χ2n) is 4.36. The molecular formula is C14H16BrN3O. The summed E-state index contributed by atoms with van der Waals surface area (Å²) in [7, 11) is 1.82. The van der Waals surface area contributed by atoms with Gasteiger partial charge in [-0.25, -0.2) is 0 Å². The Morgan fingerprint density at radius 2 is 2.11 bits per heavy atom. The summed E-state index contributed by atoms with van der Waals surface area (Å²) in [5.41, 5.74) is 2.55. The van der Waals surface area contributed by atoms with Crippen molar-refractivity contribution in [3.63, 3.8) is 0 Å². The number of alkyl halides is 1. The van der Waals surface area contributed by atoms with Crippen molar-refractivity contribution in [2.45, 2.75) is 13.0 Å². The third-order valence-corrected chi connectivity index (χ3v) is 3.79. The van der Waals surface area contributed by atoms with Crippen molar-refractivity contribution in [2.75, 3.05) is 5.33 Å². The summed E-state index contributed by atoms with van der Waals surface area (Å²) in [6, 6.07) is 9.85. The topological polar surface area (TPSA) is 46.9 Å². The Labute approximate surface area is 120 Å². The summed E-state index contributed by atoms with van der Waals surface area (Å²) in [6.45, 7) is 1.88. The number of hydrogen-bond donors (Lipinski definition) is 1. The van der Waals surface area contributed by atoms with E-state index in [9.17, 15) is 4.79 Å². The van der Waals surface area contributed by atoms with Gasteiger partial charge in [-0.2, -0.15) is 5.10 Å². The van der Waals surface area contributed by atoms with Crippen molar-refractivity contribution in [1.29, 1.82) is 0 Å². The van der Waals surface area contributed by atoms with Gasteiger partial charge in [0, 0.05) is 18.1 Å². The van der Waals surface area contributed by atoms with Crippen molar-refractivity contribution in [3.8, 4) is 0 Å². The van der Waals surface area contributed by atoms with Crippen molar-refractivity contribution in [3.05, 3.63) is 53.3 Å². The molecule has 1 unspecified atom stereocenters. The lowest BCUT2D eigenvalue weighted by Gasteiger charge is -2.16. The van der Waals surface area contributed by atoms with E-state index < -0.39 is 0 Å². The van der Waals surface area contributed by atoms with Gasteiger partial charge >= 0.3 is 0 Å². The second-order valence-corrected chi connectivity index (χ2v) is 5.01. The number of benzene rings is 1. The Bertz CT molecular complexity index is 565. The molecule has 0 aliphatic heterocycles. The predicted molar refractivity (Wildman–Crippen MR) is 78.4 cm³/mol. The monoisotopic (exact) mass is 321 g/mol. The second kappa shape index (κ2) is 6.02. The van der Waals surface area contributed by atoms with E-state index in [0.717, 1.165) is 11.3 Å². The summed E-state index contributed by atoms with van der Waals surface area (Å²) >= 11 is 3.44. The fraction of sp³-hybridized carbons (Fsp3) is 0.286. The van der Waals surface area contributed by atoms with Gasteiger partial charge in [-0.05, 0) is 12.5 Å². The number of carbonyl (C=O) groups is 1. The van der Waals surface area contributed by atoms with Crippen LogP contribution in [0.2, 0.25) is 0 Å².